The van der Waals surface area contributed by atoms with Crippen molar-refractivity contribution in [2.45, 2.75) is 18.7 Å². The number of aromatic nitrogens is 1. The van der Waals surface area contributed by atoms with Crippen LogP contribution in [0.25, 0.3) is 0 Å². The van der Waals surface area contributed by atoms with Gasteiger partial charge in [0.25, 0.3) is 10.0 Å². The number of hydrogen-bond donors (Lipinski definition) is 2. The topological polar surface area (TPSA) is 71.1 Å². The van der Waals surface area contributed by atoms with Crippen molar-refractivity contribution in [1.29, 1.82) is 0 Å². The number of sulfonamides is 1. The van der Waals surface area contributed by atoms with Gasteiger partial charge in [0.15, 0.2) is 0 Å². The maximum atomic E-state index is 13.2. The fourth-order valence-electron chi connectivity index (χ4n) is 1.75. The minimum absolute atomic E-state index is 0.0473. The maximum Gasteiger partial charge on any atom is 0.263 e. The zero-order valence-electron chi connectivity index (χ0n) is 11.7. The van der Waals surface area contributed by atoms with E-state index in [0.29, 0.717) is 23.6 Å². The van der Waals surface area contributed by atoms with Gasteiger partial charge in [0, 0.05) is 18.4 Å². The van der Waals surface area contributed by atoms with Gasteiger partial charge in [-0.2, -0.15) is 0 Å². The third kappa shape index (κ3) is 3.69. The van der Waals surface area contributed by atoms with Crippen LogP contribution in [-0.2, 0) is 10.0 Å². The lowest BCUT2D eigenvalue weighted by Crippen LogP contribution is -2.13. The Morgan fingerprint density at radius 3 is 2.57 bits per heavy atom. The lowest BCUT2D eigenvalue weighted by molar-refractivity contribution is 0.600. The predicted molar refractivity (Wildman–Crippen MR) is 80.3 cm³/mol. The first kappa shape index (κ1) is 15.2. The van der Waals surface area contributed by atoms with Crippen LogP contribution in [0, 0.1) is 12.7 Å². The highest BCUT2D eigenvalue weighted by molar-refractivity contribution is 7.92. The molecule has 0 unspecified atom stereocenters. The van der Waals surface area contributed by atoms with Crippen molar-refractivity contribution >= 4 is 21.5 Å². The van der Waals surface area contributed by atoms with E-state index in [1.165, 1.54) is 30.5 Å². The van der Waals surface area contributed by atoms with E-state index in [4.69, 9.17) is 0 Å². The van der Waals surface area contributed by atoms with E-state index in [0.717, 1.165) is 0 Å². The van der Waals surface area contributed by atoms with Crippen molar-refractivity contribution in [2.24, 2.45) is 0 Å². The fraction of sp³-hybridized carbons (Fsp3) is 0.214. The first-order chi connectivity index (χ1) is 9.92. The number of nitrogens with zero attached hydrogens (tertiary/aromatic N) is 1. The molecule has 0 aliphatic carbocycles. The molecular weight excluding hydrogens is 293 g/mol. The van der Waals surface area contributed by atoms with Gasteiger partial charge in [0.2, 0.25) is 0 Å². The quantitative estimate of drug-likeness (QED) is 0.891. The summed E-state index contributed by atoms with van der Waals surface area (Å²) in [6, 6.07) is 7.09. The number of benzene rings is 1. The summed E-state index contributed by atoms with van der Waals surface area (Å²) >= 11 is 0. The van der Waals surface area contributed by atoms with Gasteiger partial charge >= 0.3 is 0 Å². The molecule has 0 aliphatic heterocycles. The Hall–Kier alpha value is -2.15. The van der Waals surface area contributed by atoms with Crippen LogP contribution in [0.3, 0.4) is 0 Å². The fourth-order valence-corrected chi connectivity index (χ4v) is 2.74. The Bertz CT molecular complexity index is 730. The van der Waals surface area contributed by atoms with E-state index in [2.05, 4.69) is 15.0 Å². The van der Waals surface area contributed by atoms with Gasteiger partial charge in [-0.1, -0.05) is 0 Å². The van der Waals surface area contributed by atoms with Gasteiger partial charge in [0.1, 0.15) is 16.5 Å². The zero-order chi connectivity index (χ0) is 15.5. The van der Waals surface area contributed by atoms with E-state index in [1.54, 1.807) is 13.0 Å². The van der Waals surface area contributed by atoms with Gasteiger partial charge in [-0.25, -0.2) is 17.8 Å². The number of rotatable bonds is 5. The molecule has 112 valence electrons. The van der Waals surface area contributed by atoms with Crippen LogP contribution in [0.5, 0.6) is 0 Å². The van der Waals surface area contributed by atoms with Crippen molar-refractivity contribution in [2.75, 3.05) is 16.6 Å². The molecule has 7 heteroatoms. The smallest absolute Gasteiger partial charge is 0.263 e. The molecule has 21 heavy (non-hydrogen) atoms. The van der Waals surface area contributed by atoms with Crippen LogP contribution in [0.4, 0.5) is 15.9 Å². The number of aryl methyl sites for hydroxylation is 1. The van der Waals surface area contributed by atoms with Crippen molar-refractivity contribution in [3.05, 3.63) is 47.9 Å². The van der Waals surface area contributed by atoms with Crippen LogP contribution < -0.4 is 10.0 Å². The molecule has 0 fully saturated rings. The van der Waals surface area contributed by atoms with Gasteiger partial charge in [-0.3, -0.25) is 4.72 Å². The van der Waals surface area contributed by atoms with Crippen LogP contribution in [0.1, 0.15) is 12.5 Å². The summed E-state index contributed by atoms with van der Waals surface area (Å²) in [6.07, 6.45) is 1.27. The normalized spacial score (nSPS) is 11.2. The van der Waals surface area contributed by atoms with E-state index in [9.17, 15) is 12.8 Å². The molecule has 0 saturated heterocycles. The highest BCUT2D eigenvalue weighted by Crippen LogP contribution is 2.19. The average molecular weight is 309 g/mol. The standard InChI is InChI=1S/C14H16FN3O2S/c1-3-16-14-7-5-12(9-17-14)21(19,20)18-11-4-6-13(15)10(2)8-11/h4-9,18H,3H2,1-2H3,(H,16,17). The highest BCUT2D eigenvalue weighted by atomic mass is 32.2. The van der Waals surface area contributed by atoms with Gasteiger partial charge in [-0.05, 0) is 49.7 Å². The molecule has 0 saturated carbocycles. The van der Waals surface area contributed by atoms with Crippen LogP contribution in [0.15, 0.2) is 41.4 Å². The lowest BCUT2D eigenvalue weighted by Gasteiger charge is -2.09. The van der Waals surface area contributed by atoms with Gasteiger partial charge in [0.05, 0.1) is 0 Å². The molecule has 1 aromatic carbocycles. The molecule has 0 amide bonds. The minimum Gasteiger partial charge on any atom is -0.370 e. The molecule has 5 nitrogen and oxygen atoms in total. The molecule has 1 heterocycles. The number of halogens is 1. The molecule has 0 radical (unpaired) electrons. The van der Waals surface area contributed by atoms with Crippen LogP contribution >= 0.6 is 0 Å². The van der Waals surface area contributed by atoms with Crippen LogP contribution in [-0.4, -0.2) is 19.9 Å². The molecule has 0 spiro atoms. The van der Waals surface area contributed by atoms with Crippen molar-refractivity contribution < 1.29 is 12.8 Å². The third-order valence-electron chi connectivity index (χ3n) is 2.81. The zero-order valence-corrected chi connectivity index (χ0v) is 12.5. The molecule has 0 atom stereocenters. The molecule has 0 bridgehead atoms. The number of anilines is 2. The number of nitrogens with one attached hydrogen (secondary N) is 2. The van der Waals surface area contributed by atoms with Gasteiger partial charge < -0.3 is 5.32 Å². The monoisotopic (exact) mass is 309 g/mol. The Balaban J connectivity index is 2.23. The van der Waals surface area contributed by atoms with Gasteiger partial charge in [-0.15, -0.1) is 0 Å². The van der Waals surface area contributed by atoms with E-state index >= 15 is 0 Å². The second-order valence-corrected chi connectivity index (χ2v) is 6.16. The van der Waals surface area contributed by atoms with E-state index in [1.807, 2.05) is 6.92 Å². The van der Waals surface area contributed by atoms with Crippen LogP contribution in [0.2, 0.25) is 0 Å². The first-order valence-corrected chi connectivity index (χ1v) is 7.89. The largest absolute Gasteiger partial charge is 0.370 e. The number of hydrogen-bond acceptors (Lipinski definition) is 4. The molecular formula is C14H16FN3O2S. The molecule has 1 aromatic heterocycles. The maximum absolute atomic E-state index is 13.2. The SMILES string of the molecule is CCNc1ccc(S(=O)(=O)Nc2ccc(F)c(C)c2)cn1. The Labute approximate surface area is 123 Å². The second-order valence-electron chi connectivity index (χ2n) is 4.48. The first-order valence-electron chi connectivity index (χ1n) is 6.41. The highest BCUT2D eigenvalue weighted by Gasteiger charge is 2.15. The Morgan fingerprint density at radius 2 is 2.00 bits per heavy atom. The summed E-state index contributed by atoms with van der Waals surface area (Å²) in [6.45, 7) is 4.19. The second kappa shape index (κ2) is 6.09. The molecule has 2 aromatic rings. The van der Waals surface area contributed by atoms with E-state index < -0.39 is 10.0 Å². The van der Waals surface area contributed by atoms with Crippen molar-refractivity contribution in [3.8, 4) is 0 Å². The molecule has 2 rings (SSSR count). The van der Waals surface area contributed by atoms with Crippen molar-refractivity contribution in [3.63, 3.8) is 0 Å². The summed E-state index contributed by atoms with van der Waals surface area (Å²) in [4.78, 5) is 4.07. The number of pyridine rings is 1. The Kier molecular flexibility index (Phi) is 4.42. The average Bonchev–Trinajstić information content (AvgIpc) is 2.44. The molecule has 0 aliphatic rings. The molecule has 2 N–H and O–H groups in total. The summed E-state index contributed by atoms with van der Waals surface area (Å²) in [5.74, 6) is 0.226. The summed E-state index contributed by atoms with van der Waals surface area (Å²) < 4.78 is 40.0. The lowest BCUT2D eigenvalue weighted by atomic mass is 10.2. The third-order valence-corrected chi connectivity index (χ3v) is 4.18. The van der Waals surface area contributed by atoms with Crippen molar-refractivity contribution in [1.82, 2.24) is 4.98 Å². The summed E-state index contributed by atoms with van der Waals surface area (Å²) in [5.41, 5.74) is 0.681. The predicted octanol–water partition coefficient (Wildman–Crippen LogP) is 2.76. The summed E-state index contributed by atoms with van der Waals surface area (Å²) in [7, 11) is -3.74. The summed E-state index contributed by atoms with van der Waals surface area (Å²) in [5, 5.41) is 2.98. The minimum atomic E-state index is -3.74. The van der Waals surface area contributed by atoms with E-state index in [-0.39, 0.29) is 10.7 Å². The Morgan fingerprint density at radius 1 is 1.24 bits per heavy atom.